The van der Waals surface area contributed by atoms with E-state index in [-0.39, 0.29) is 31.1 Å². The van der Waals surface area contributed by atoms with Crippen molar-refractivity contribution in [3.8, 4) is 0 Å². The standard InChI is InChI=1S/C19H34N2O7S/c1-3-16(15-20-8-9-26-12-13-27-11-10-25-2)29-14-4-5-19(24)28-21-17(22)6-7-18(21)23/h16,20H,3-15H2,1-2H3/p+1. The maximum absolute atomic E-state index is 11.8. The molecule has 0 bridgehead atoms. The zero-order valence-corrected chi connectivity index (χ0v) is 18.3. The van der Waals surface area contributed by atoms with E-state index in [0.29, 0.717) is 49.4 Å². The van der Waals surface area contributed by atoms with Gasteiger partial charge in [-0.3, -0.25) is 0 Å². The van der Waals surface area contributed by atoms with Crippen LogP contribution < -0.4 is 5.32 Å². The number of aliphatic hydroxyl groups is 1. The molecule has 168 valence electrons. The number of ether oxygens (including phenoxy) is 3. The van der Waals surface area contributed by atoms with Crippen LogP contribution in [0.3, 0.4) is 0 Å². The van der Waals surface area contributed by atoms with Gasteiger partial charge in [-0.05, 0) is 18.6 Å². The highest BCUT2D eigenvalue weighted by atomic mass is 32.2. The van der Waals surface area contributed by atoms with Crippen LogP contribution in [-0.2, 0) is 28.6 Å². The van der Waals surface area contributed by atoms with Gasteiger partial charge in [0.15, 0.2) is 0 Å². The van der Waals surface area contributed by atoms with Crippen molar-refractivity contribution in [3.63, 3.8) is 0 Å². The van der Waals surface area contributed by atoms with Gasteiger partial charge in [0, 0.05) is 25.4 Å². The highest BCUT2D eigenvalue weighted by Gasteiger charge is 2.36. The maximum atomic E-state index is 11.8. The molecule has 9 nitrogen and oxygen atoms in total. The zero-order chi connectivity index (χ0) is 21.3. The first-order chi connectivity index (χ1) is 14.1. The summed E-state index contributed by atoms with van der Waals surface area (Å²) in [4.78, 5) is 28.2. The van der Waals surface area contributed by atoms with Gasteiger partial charge < -0.3 is 24.6 Å². The molecule has 10 heteroatoms. The molecule has 0 saturated carbocycles. The Morgan fingerprint density at radius 3 is 2.59 bits per heavy atom. The van der Waals surface area contributed by atoms with E-state index in [0.717, 1.165) is 25.3 Å². The van der Waals surface area contributed by atoms with Crippen LogP contribution in [0.2, 0.25) is 0 Å². The second-order valence-electron chi connectivity index (χ2n) is 6.49. The van der Waals surface area contributed by atoms with Crippen LogP contribution in [0, 0.1) is 0 Å². The first-order valence-corrected chi connectivity index (χ1v) is 11.2. The summed E-state index contributed by atoms with van der Waals surface area (Å²) in [6, 6.07) is 0. The van der Waals surface area contributed by atoms with Gasteiger partial charge in [-0.25, -0.2) is 9.59 Å². The molecule has 0 radical (unpaired) electrons. The molecule has 1 rings (SSSR count). The summed E-state index contributed by atoms with van der Waals surface area (Å²) in [5, 5.41) is 13.3. The average molecular weight is 436 g/mol. The molecule has 0 saturated heterocycles. The molecular weight excluding hydrogens is 400 g/mol. The van der Waals surface area contributed by atoms with Crippen molar-refractivity contribution in [2.45, 2.75) is 44.3 Å². The van der Waals surface area contributed by atoms with E-state index in [1.54, 1.807) is 7.11 Å². The molecule has 1 aliphatic heterocycles. The summed E-state index contributed by atoms with van der Waals surface area (Å²) < 4.78 is 16.4. The predicted molar refractivity (Wildman–Crippen MR) is 110 cm³/mol. The Morgan fingerprint density at radius 2 is 1.93 bits per heavy atom. The van der Waals surface area contributed by atoms with Crippen molar-refractivity contribution in [2.75, 3.05) is 59.0 Å². The first-order valence-electron chi connectivity index (χ1n) is 10.1. The summed E-state index contributed by atoms with van der Waals surface area (Å²) in [6.45, 7) is 6.77. The highest BCUT2D eigenvalue weighted by molar-refractivity contribution is 7.99. The molecule has 0 fully saturated rings. The smallest absolute Gasteiger partial charge is 0.439 e. The minimum absolute atomic E-state index is 0.174. The number of hydroxylamine groups is 1. The number of aliphatic hydroxyl groups excluding tert-OH is 1. The topological polar surface area (TPSA) is 106 Å². The fraction of sp³-hybridized carbons (Fsp3) is 0.842. The number of nitrogens with one attached hydrogen (secondary N) is 1. The van der Waals surface area contributed by atoms with Crippen molar-refractivity contribution in [1.29, 1.82) is 0 Å². The van der Waals surface area contributed by atoms with Crippen molar-refractivity contribution in [3.05, 3.63) is 0 Å². The fourth-order valence-corrected chi connectivity index (χ4v) is 3.59. The first kappa shape index (κ1) is 25.8. The lowest BCUT2D eigenvalue weighted by Gasteiger charge is -2.15. The predicted octanol–water partition coefficient (Wildman–Crippen LogP) is 1.30. The molecule has 1 heterocycles. The average Bonchev–Trinajstić information content (AvgIpc) is 3.02. The molecule has 29 heavy (non-hydrogen) atoms. The van der Waals surface area contributed by atoms with E-state index < -0.39 is 5.97 Å². The molecule has 0 aromatic heterocycles. The van der Waals surface area contributed by atoms with E-state index in [9.17, 15) is 14.7 Å². The Bertz CT molecular complexity index is 517. The van der Waals surface area contributed by atoms with E-state index in [2.05, 4.69) is 12.2 Å². The molecule has 0 aliphatic carbocycles. The number of nitrogens with zero attached hydrogens (tertiary/aromatic N) is 1. The van der Waals surface area contributed by atoms with Crippen molar-refractivity contribution < 1.29 is 38.5 Å². The Balaban J connectivity index is 1.99. The number of thioether (sulfide) groups is 1. The second kappa shape index (κ2) is 16.6. The normalized spacial score (nSPS) is 15.2. The van der Waals surface area contributed by atoms with E-state index in [1.165, 1.54) is 0 Å². The Morgan fingerprint density at radius 1 is 1.21 bits per heavy atom. The van der Waals surface area contributed by atoms with Gasteiger partial charge in [-0.1, -0.05) is 6.92 Å². The van der Waals surface area contributed by atoms with Crippen molar-refractivity contribution in [2.24, 2.45) is 0 Å². The van der Waals surface area contributed by atoms with Gasteiger partial charge in [-0.15, -0.1) is 0 Å². The molecule has 1 unspecified atom stereocenters. The Hall–Kier alpha value is -1.20. The van der Waals surface area contributed by atoms with Crippen LogP contribution in [-0.4, -0.2) is 91.9 Å². The lowest BCUT2D eigenvalue weighted by Crippen LogP contribution is -2.28. The molecule has 0 spiro atoms. The van der Waals surface area contributed by atoms with E-state index in [4.69, 9.17) is 19.0 Å². The molecule has 1 atom stereocenters. The summed E-state index contributed by atoms with van der Waals surface area (Å²) in [5.74, 6) is -0.252. The SMILES string of the molecule is CCC(CNCCOCCOCCOC)SCCCC(=O)O[N+]1=C(O)CCC1=O. The molecule has 0 aromatic rings. The quantitative estimate of drug-likeness (QED) is 0.187. The summed E-state index contributed by atoms with van der Waals surface area (Å²) in [5.41, 5.74) is 0. The monoisotopic (exact) mass is 435 g/mol. The third-order valence-corrected chi connectivity index (χ3v) is 5.65. The molecule has 2 N–H and O–H groups in total. The lowest BCUT2D eigenvalue weighted by atomic mass is 10.3. The Kier molecular flexibility index (Phi) is 14.8. The lowest BCUT2D eigenvalue weighted by molar-refractivity contribution is -0.694. The summed E-state index contributed by atoms with van der Waals surface area (Å²) >= 11 is 1.81. The number of carbonyl (C=O) groups is 2. The van der Waals surface area contributed by atoms with Crippen LogP contribution in [0.5, 0.6) is 0 Å². The number of rotatable bonds is 18. The zero-order valence-electron chi connectivity index (χ0n) is 17.5. The van der Waals surface area contributed by atoms with Gasteiger partial charge in [0.25, 0.3) is 0 Å². The highest BCUT2D eigenvalue weighted by Crippen LogP contribution is 2.16. The van der Waals surface area contributed by atoms with Crippen LogP contribution in [0.4, 0.5) is 0 Å². The van der Waals surface area contributed by atoms with Gasteiger partial charge in [0.1, 0.15) is 0 Å². The summed E-state index contributed by atoms with van der Waals surface area (Å²) in [7, 11) is 1.64. The fourth-order valence-electron chi connectivity index (χ4n) is 2.48. The van der Waals surface area contributed by atoms with Crippen LogP contribution in [0.25, 0.3) is 0 Å². The Labute approximate surface area is 177 Å². The molecular formula is C19H35N2O7S+. The summed E-state index contributed by atoms with van der Waals surface area (Å²) in [6.07, 6.45) is 2.30. The second-order valence-corrected chi connectivity index (χ2v) is 7.90. The van der Waals surface area contributed by atoms with Crippen LogP contribution >= 0.6 is 11.8 Å². The van der Waals surface area contributed by atoms with Gasteiger partial charge in [0.2, 0.25) is 0 Å². The number of methoxy groups -OCH3 is 1. The molecule has 1 aliphatic rings. The number of carbonyl (C=O) groups excluding carboxylic acids is 2. The van der Waals surface area contributed by atoms with Crippen molar-refractivity contribution in [1.82, 2.24) is 5.32 Å². The van der Waals surface area contributed by atoms with Crippen LogP contribution in [0.1, 0.15) is 39.0 Å². The third kappa shape index (κ3) is 12.2. The third-order valence-electron chi connectivity index (χ3n) is 4.15. The van der Waals surface area contributed by atoms with E-state index in [1.807, 2.05) is 11.8 Å². The molecule has 0 aromatic carbocycles. The van der Waals surface area contributed by atoms with Crippen molar-refractivity contribution >= 4 is 29.5 Å². The van der Waals surface area contributed by atoms with Gasteiger partial charge in [0.05, 0.1) is 57.0 Å². The maximum Gasteiger partial charge on any atom is 0.439 e. The van der Waals surface area contributed by atoms with Crippen LogP contribution in [0.15, 0.2) is 0 Å². The number of hydrogen-bond acceptors (Lipinski definition) is 8. The molecule has 1 amide bonds. The number of hydrogen-bond donors (Lipinski definition) is 2. The largest absolute Gasteiger partial charge is 0.460 e. The van der Waals surface area contributed by atoms with Gasteiger partial charge in [-0.2, -0.15) is 16.6 Å². The minimum atomic E-state index is -0.498. The number of amides is 1. The minimum Gasteiger partial charge on any atom is -0.460 e. The van der Waals surface area contributed by atoms with E-state index >= 15 is 0 Å². The van der Waals surface area contributed by atoms with Gasteiger partial charge >= 0.3 is 17.8 Å².